The number of aromatic nitrogens is 1. The van der Waals surface area contributed by atoms with Gasteiger partial charge in [0.15, 0.2) is 5.78 Å². The number of rotatable bonds is 3. The zero-order valence-electron chi connectivity index (χ0n) is 9.48. The second kappa shape index (κ2) is 4.91. The van der Waals surface area contributed by atoms with Crippen LogP contribution in [0.15, 0.2) is 36.7 Å². The van der Waals surface area contributed by atoms with Crippen molar-refractivity contribution in [2.45, 2.75) is 0 Å². The van der Waals surface area contributed by atoms with E-state index in [-0.39, 0.29) is 11.1 Å². The van der Waals surface area contributed by atoms with E-state index in [9.17, 15) is 13.6 Å². The van der Waals surface area contributed by atoms with Crippen LogP contribution in [-0.4, -0.2) is 17.9 Å². The van der Waals surface area contributed by atoms with Gasteiger partial charge in [0, 0.05) is 17.8 Å². The first-order valence-corrected chi connectivity index (χ1v) is 5.10. The SMILES string of the molecule is COc1ccc(C(=O)c2cncc(F)c2)c(F)c1. The molecule has 0 aliphatic heterocycles. The number of benzene rings is 1. The molecule has 92 valence electrons. The molecule has 5 heteroatoms. The lowest BCUT2D eigenvalue weighted by Gasteiger charge is -2.05. The van der Waals surface area contributed by atoms with E-state index < -0.39 is 17.4 Å². The van der Waals surface area contributed by atoms with Gasteiger partial charge in [0.25, 0.3) is 0 Å². The fourth-order valence-corrected chi connectivity index (χ4v) is 1.50. The average molecular weight is 249 g/mol. The van der Waals surface area contributed by atoms with E-state index in [2.05, 4.69) is 4.98 Å². The van der Waals surface area contributed by atoms with Gasteiger partial charge >= 0.3 is 0 Å². The molecule has 2 rings (SSSR count). The lowest BCUT2D eigenvalue weighted by Crippen LogP contribution is -2.05. The molecule has 1 aromatic carbocycles. The van der Waals surface area contributed by atoms with Crippen molar-refractivity contribution < 1.29 is 18.3 Å². The molecule has 2 aromatic rings. The first kappa shape index (κ1) is 12.2. The predicted octanol–water partition coefficient (Wildman–Crippen LogP) is 2.60. The van der Waals surface area contributed by atoms with Crippen molar-refractivity contribution in [1.82, 2.24) is 4.98 Å². The van der Waals surface area contributed by atoms with Crippen LogP contribution in [0, 0.1) is 11.6 Å². The number of nitrogens with zero attached hydrogens (tertiary/aromatic N) is 1. The van der Waals surface area contributed by atoms with Crippen LogP contribution in [0.25, 0.3) is 0 Å². The molecular formula is C13H9F2NO2. The van der Waals surface area contributed by atoms with Crippen LogP contribution in [0.5, 0.6) is 5.75 Å². The van der Waals surface area contributed by atoms with Gasteiger partial charge < -0.3 is 4.74 Å². The fourth-order valence-electron chi connectivity index (χ4n) is 1.50. The Morgan fingerprint density at radius 3 is 2.61 bits per heavy atom. The second-order valence-electron chi connectivity index (χ2n) is 3.57. The molecular weight excluding hydrogens is 240 g/mol. The largest absolute Gasteiger partial charge is 0.497 e. The van der Waals surface area contributed by atoms with Crippen LogP contribution in [0.1, 0.15) is 15.9 Å². The van der Waals surface area contributed by atoms with Gasteiger partial charge in [-0.1, -0.05) is 0 Å². The number of carbonyl (C=O) groups excluding carboxylic acids is 1. The quantitative estimate of drug-likeness (QED) is 0.785. The monoisotopic (exact) mass is 249 g/mol. The third-order valence-electron chi connectivity index (χ3n) is 2.39. The van der Waals surface area contributed by atoms with E-state index in [1.54, 1.807) is 0 Å². The van der Waals surface area contributed by atoms with Gasteiger partial charge in [-0.15, -0.1) is 0 Å². The van der Waals surface area contributed by atoms with Gasteiger partial charge in [-0.3, -0.25) is 9.78 Å². The standard InChI is InChI=1S/C13H9F2NO2/c1-18-10-2-3-11(12(15)5-10)13(17)8-4-9(14)7-16-6-8/h2-7H,1H3. The molecule has 1 heterocycles. The smallest absolute Gasteiger partial charge is 0.197 e. The molecule has 0 amide bonds. The second-order valence-corrected chi connectivity index (χ2v) is 3.57. The predicted molar refractivity (Wildman–Crippen MR) is 60.6 cm³/mol. The Morgan fingerprint density at radius 1 is 1.22 bits per heavy atom. The Morgan fingerprint density at radius 2 is 2.00 bits per heavy atom. The van der Waals surface area contributed by atoms with Crippen molar-refractivity contribution in [3.63, 3.8) is 0 Å². The molecule has 1 aromatic heterocycles. The normalized spacial score (nSPS) is 10.2. The van der Waals surface area contributed by atoms with Crippen LogP contribution < -0.4 is 4.74 Å². The maximum Gasteiger partial charge on any atom is 0.197 e. The average Bonchev–Trinajstić information content (AvgIpc) is 2.37. The molecule has 0 aliphatic carbocycles. The first-order chi connectivity index (χ1) is 8.61. The van der Waals surface area contributed by atoms with Crippen molar-refractivity contribution >= 4 is 5.78 Å². The van der Waals surface area contributed by atoms with Gasteiger partial charge in [0.2, 0.25) is 0 Å². The van der Waals surface area contributed by atoms with Crippen molar-refractivity contribution in [2.24, 2.45) is 0 Å². The van der Waals surface area contributed by atoms with Gasteiger partial charge in [-0.05, 0) is 18.2 Å². The summed E-state index contributed by atoms with van der Waals surface area (Å²) in [6, 6.07) is 4.86. The number of ether oxygens (including phenoxy) is 1. The summed E-state index contributed by atoms with van der Waals surface area (Å²) in [5.74, 6) is -1.68. The molecule has 0 radical (unpaired) electrons. The molecule has 0 unspecified atom stereocenters. The van der Waals surface area contributed by atoms with E-state index >= 15 is 0 Å². The zero-order chi connectivity index (χ0) is 13.1. The van der Waals surface area contributed by atoms with E-state index in [1.807, 2.05) is 0 Å². The van der Waals surface area contributed by atoms with Gasteiger partial charge in [0.05, 0.1) is 18.9 Å². The number of hydrogen-bond acceptors (Lipinski definition) is 3. The van der Waals surface area contributed by atoms with Crippen molar-refractivity contribution in [3.05, 3.63) is 59.4 Å². The third kappa shape index (κ3) is 2.34. The molecule has 18 heavy (non-hydrogen) atoms. The lowest BCUT2D eigenvalue weighted by atomic mass is 10.0. The minimum absolute atomic E-state index is 0.000864. The van der Waals surface area contributed by atoms with Crippen molar-refractivity contribution in [2.75, 3.05) is 7.11 Å². The highest BCUT2D eigenvalue weighted by Gasteiger charge is 2.15. The summed E-state index contributed by atoms with van der Waals surface area (Å²) in [7, 11) is 1.40. The fraction of sp³-hybridized carbons (Fsp3) is 0.0769. The molecule has 0 N–H and O–H groups in total. The number of pyridine rings is 1. The Bertz CT molecular complexity index is 599. The van der Waals surface area contributed by atoms with Crippen LogP contribution >= 0.6 is 0 Å². The van der Waals surface area contributed by atoms with Gasteiger partial charge in [-0.25, -0.2) is 8.78 Å². The number of ketones is 1. The summed E-state index contributed by atoms with van der Waals surface area (Å²) in [5.41, 5.74) is -0.151. The highest BCUT2D eigenvalue weighted by molar-refractivity contribution is 6.09. The summed E-state index contributed by atoms with van der Waals surface area (Å²) >= 11 is 0. The lowest BCUT2D eigenvalue weighted by molar-refractivity contribution is 0.103. The van der Waals surface area contributed by atoms with Crippen molar-refractivity contribution in [1.29, 1.82) is 0 Å². The number of halogens is 2. The van der Waals surface area contributed by atoms with Crippen LogP contribution in [0.2, 0.25) is 0 Å². The molecule has 0 fully saturated rings. The maximum absolute atomic E-state index is 13.7. The Labute approximate surface area is 102 Å². The Hall–Kier alpha value is -2.30. The molecule has 3 nitrogen and oxygen atoms in total. The summed E-state index contributed by atoms with van der Waals surface area (Å²) in [5, 5.41) is 0. The maximum atomic E-state index is 13.7. The van der Waals surface area contributed by atoms with E-state index in [4.69, 9.17) is 4.74 Å². The topological polar surface area (TPSA) is 39.2 Å². The summed E-state index contributed by atoms with van der Waals surface area (Å²) in [6.45, 7) is 0. The number of hydrogen-bond donors (Lipinski definition) is 0. The van der Waals surface area contributed by atoms with Crippen molar-refractivity contribution in [3.8, 4) is 5.75 Å². The summed E-state index contributed by atoms with van der Waals surface area (Å²) in [4.78, 5) is 15.5. The van der Waals surface area contributed by atoms with Crippen LogP contribution in [0.4, 0.5) is 8.78 Å². The van der Waals surface area contributed by atoms with Gasteiger partial charge in [0.1, 0.15) is 17.4 Å². The highest BCUT2D eigenvalue weighted by atomic mass is 19.1. The zero-order valence-corrected chi connectivity index (χ0v) is 9.48. The minimum atomic E-state index is -0.719. The molecule has 0 spiro atoms. The highest BCUT2D eigenvalue weighted by Crippen LogP contribution is 2.19. The first-order valence-electron chi connectivity index (χ1n) is 5.10. The van der Waals surface area contributed by atoms with Crippen LogP contribution in [0.3, 0.4) is 0 Å². The molecule has 0 atom stereocenters. The Balaban J connectivity index is 2.40. The minimum Gasteiger partial charge on any atom is -0.497 e. The summed E-state index contributed by atoms with van der Waals surface area (Å²) < 4.78 is 31.4. The van der Waals surface area contributed by atoms with Crippen LogP contribution in [-0.2, 0) is 0 Å². The summed E-state index contributed by atoms with van der Waals surface area (Å²) in [6.07, 6.45) is 2.16. The van der Waals surface area contributed by atoms with E-state index in [0.29, 0.717) is 5.75 Å². The molecule has 0 bridgehead atoms. The molecule has 0 saturated heterocycles. The number of carbonyl (C=O) groups is 1. The third-order valence-corrected chi connectivity index (χ3v) is 2.39. The molecule has 0 aliphatic rings. The van der Waals surface area contributed by atoms with E-state index in [1.165, 1.54) is 25.4 Å². The van der Waals surface area contributed by atoms with E-state index in [0.717, 1.165) is 18.3 Å². The Kier molecular flexibility index (Phi) is 3.32. The molecule has 0 saturated carbocycles. The number of methoxy groups -OCH3 is 1. The van der Waals surface area contributed by atoms with Gasteiger partial charge in [-0.2, -0.15) is 0 Å².